The van der Waals surface area contributed by atoms with Crippen LogP contribution in [0.1, 0.15) is 20.7 Å². The van der Waals surface area contributed by atoms with Gasteiger partial charge in [0.1, 0.15) is 12.2 Å². The summed E-state index contributed by atoms with van der Waals surface area (Å²) in [4.78, 5) is 25.0. The molecular formula is C19H20ClNO2. The molecule has 0 unspecified atom stereocenters. The molecule has 0 amide bonds. The van der Waals surface area contributed by atoms with E-state index in [1.165, 1.54) is 0 Å². The molecule has 2 aromatic carbocycles. The van der Waals surface area contributed by atoms with Gasteiger partial charge in [-0.2, -0.15) is 0 Å². The van der Waals surface area contributed by atoms with Crippen LogP contribution in [0, 0.1) is 0 Å². The molecule has 0 bridgehead atoms. The van der Waals surface area contributed by atoms with Crippen molar-refractivity contribution in [3.05, 3.63) is 78.4 Å². The first-order valence-corrected chi connectivity index (χ1v) is 7.15. The standard InChI is InChI=1S/C19H20NO2.ClH/c1-4-14-20(2,3)17-13-9-8-12-16(17)19(22)18(21)15-10-6-5-7-11-15;/h4-13H,1,14H2,2-3H3;1H/q+1;/p-1. The van der Waals surface area contributed by atoms with Crippen LogP contribution in [0.4, 0.5) is 5.69 Å². The highest BCUT2D eigenvalue weighted by molar-refractivity contribution is 6.50. The minimum atomic E-state index is -0.480. The molecule has 3 nitrogen and oxygen atoms in total. The van der Waals surface area contributed by atoms with Crippen molar-refractivity contribution >= 4 is 17.3 Å². The molecule has 0 aromatic heterocycles. The molecular weight excluding hydrogens is 310 g/mol. The third-order valence-corrected chi connectivity index (χ3v) is 3.63. The molecule has 0 radical (unpaired) electrons. The second-order valence-corrected chi connectivity index (χ2v) is 5.70. The number of carbonyl (C=O) groups excluding carboxylic acids is 2. The Balaban J connectivity index is 0.00000264. The molecule has 0 aliphatic heterocycles. The number of nitrogens with zero attached hydrogens (tertiary/aromatic N) is 1. The highest BCUT2D eigenvalue weighted by atomic mass is 35.5. The number of likely N-dealkylation sites (N-methyl/N-ethyl adjacent to an activating group) is 1. The van der Waals surface area contributed by atoms with Gasteiger partial charge in [-0.05, 0) is 18.2 Å². The van der Waals surface area contributed by atoms with Crippen LogP contribution in [-0.4, -0.2) is 32.2 Å². The SMILES string of the molecule is C=CC[N+](C)(C)c1ccccc1C(=O)C(=O)c1ccccc1.[Cl-]. The zero-order valence-corrected chi connectivity index (χ0v) is 14.1. The van der Waals surface area contributed by atoms with E-state index < -0.39 is 11.6 Å². The smallest absolute Gasteiger partial charge is 0.239 e. The summed E-state index contributed by atoms with van der Waals surface area (Å²) < 4.78 is 0.466. The highest BCUT2D eigenvalue weighted by Crippen LogP contribution is 2.25. The quantitative estimate of drug-likeness (QED) is 0.335. The Morgan fingerprint density at radius 1 is 0.957 bits per heavy atom. The second-order valence-electron chi connectivity index (χ2n) is 5.70. The van der Waals surface area contributed by atoms with Crippen molar-refractivity contribution in [3.8, 4) is 0 Å². The average molecular weight is 330 g/mol. The fraction of sp³-hybridized carbons (Fsp3) is 0.158. The zero-order chi connectivity index (χ0) is 16.2. The molecule has 23 heavy (non-hydrogen) atoms. The molecule has 0 heterocycles. The van der Waals surface area contributed by atoms with Crippen molar-refractivity contribution in [2.45, 2.75) is 0 Å². The van der Waals surface area contributed by atoms with Crippen LogP contribution in [0.25, 0.3) is 0 Å². The number of hydrogen-bond acceptors (Lipinski definition) is 2. The summed E-state index contributed by atoms with van der Waals surface area (Å²) >= 11 is 0. The topological polar surface area (TPSA) is 34.1 Å². The first-order valence-electron chi connectivity index (χ1n) is 7.15. The molecule has 0 saturated carbocycles. The van der Waals surface area contributed by atoms with Crippen LogP contribution in [0.3, 0.4) is 0 Å². The van der Waals surface area contributed by atoms with Crippen LogP contribution >= 0.6 is 0 Å². The molecule has 4 heteroatoms. The predicted octanol–water partition coefficient (Wildman–Crippen LogP) is 0.509. The summed E-state index contributed by atoms with van der Waals surface area (Å²) in [5.41, 5.74) is 1.68. The van der Waals surface area contributed by atoms with Crippen LogP contribution in [0.5, 0.6) is 0 Å². The monoisotopic (exact) mass is 329 g/mol. The Hall–Kier alpha value is -2.23. The normalized spacial score (nSPS) is 10.5. The molecule has 0 aliphatic carbocycles. The van der Waals surface area contributed by atoms with Gasteiger partial charge in [0.25, 0.3) is 0 Å². The predicted molar refractivity (Wildman–Crippen MR) is 90.3 cm³/mol. The van der Waals surface area contributed by atoms with Crippen LogP contribution < -0.4 is 16.9 Å². The zero-order valence-electron chi connectivity index (χ0n) is 13.3. The van der Waals surface area contributed by atoms with Gasteiger partial charge in [0.15, 0.2) is 0 Å². The Morgan fingerprint density at radius 3 is 2.13 bits per heavy atom. The number of quaternary nitrogens is 1. The lowest BCUT2D eigenvalue weighted by Gasteiger charge is -2.29. The summed E-state index contributed by atoms with van der Waals surface area (Å²) in [5.74, 6) is -0.955. The number of rotatable bonds is 6. The summed E-state index contributed by atoms with van der Waals surface area (Å²) in [6.07, 6.45) is 1.81. The fourth-order valence-corrected chi connectivity index (χ4v) is 2.46. The maximum atomic E-state index is 12.6. The van der Waals surface area contributed by atoms with E-state index in [0.717, 1.165) is 5.69 Å². The Labute approximate surface area is 143 Å². The molecule has 0 atom stereocenters. The van der Waals surface area contributed by atoms with E-state index in [1.54, 1.807) is 42.5 Å². The third kappa shape index (κ3) is 4.15. The molecule has 2 aromatic rings. The van der Waals surface area contributed by atoms with Crippen molar-refractivity contribution in [2.75, 3.05) is 20.6 Å². The molecule has 2 rings (SSSR count). The van der Waals surface area contributed by atoms with Gasteiger partial charge in [-0.15, -0.1) is 0 Å². The number of para-hydroxylation sites is 1. The summed E-state index contributed by atoms with van der Waals surface area (Å²) in [6, 6.07) is 15.9. The second kappa shape index (κ2) is 7.86. The van der Waals surface area contributed by atoms with Crippen molar-refractivity contribution < 1.29 is 22.0 Å². The minimum absolute atomic E-state index is 0. The van der Waals surface area contributed by atoms with Crippen LogP contribution in [0.2, 0.25) is 0 Å². The van der Waals surface area contributed by atoms with Gasteiger partial charge in [0.2, 0.25) is 11.6 Å². The Morgan fingerprint density at radius 2 is 1.52 bits per heavy atom. The average Bonchev–Trinajstić information content (AvgIpc) is 2.54. The number of hydrogen-bond donors (Lipinski definition) is 0. The molecule has 0 fully saturated rings. The van der Waals surface area contributed by atoms with Gasteiger partial charge in [-0.1, -0.05) is 49.0 Å². The van der Waals surface area contributed by atoms with Crippen molar-refractivity contribution in [1.29, 1.82) is 0 Å². The van der Waals surface area contributed by atoms with Crippen LogP contribution in [0.15, 0.2) is 67.3 Å². The lowest BCUT2D eigenvalue weighted by molar-refractivity contribution is -0.0000160. The van der Waals surface area contributed by atoms with E-state index in [2.05, 4.69) is 6.58 Å². The Kier molecular flexibility index (Phi) is 6.43. The minimum Gasteiger partial charge on any atom is -1.00 e. The van der Waals surface area contributed by atoms with Gasteiger partial charge in [0.05, 0.1) is 19.7 Å². The van der Waals surface area contributed by atoms with E-state index in [4.69, 9.17) is 0 Å². The summed E-state index contributed by atoms with van der Waals surface area (Å²) in [5, 5.41) is 0. The molecule has 120 valence electrons. The number of Topliss-reactive ketones (excluding diaryl/α,β-unsaturated/α-hetero) is 2. The maximum Gasteiger partial charge on any atom is 0.239 e. The van der Waals surface area contributed by atoms with Gasteiger partial charge in [-0.3, -0.25) is 14.1 Å². The van der Waals surface area contributed by atoms with E-state index in [0.29, 0.717) is 22.2 Å². The van der Waals surface area contributed by atoms with E-state index >= 15 is 0 Å². The summed E-state index contributed by atoms with van der Waals surface area (Å²) in [6.45, 7) is 4.43. The molecule has 0 aliphatic rings. The third-order valence-electron chi connectivity index (χ3n) is 3.63. The first kappa shape index (κ1) is 18.8. The largest absolute Gasteiger partial charge is 1.00 e. The van der Waals surface area contributed by atoms with Crippen LogP contribution in [-0.2, 0) is 0 Å². The number of halogens is 1. The van der Waals surface area contributed by atoms with Gasteiger partial charge < -0.3 is 12.4 Å². The lowest BCUT2D eigenvalue weighted by Crippen LogP contribution is -3.00. The van der Waals surface area contributed by atoms with E-state index in [-0.39, 0.29) is 12.4 Å². The van der Waals surface area contributed by atoms with Crippen molar-refractivity contribution in [3.63, 3.8) is 0 Å². The number of carbonyl (C=O) groups is 2. The summed E-state index contributed by atoms with van der Waals surface area (Å²) in [7, 11) is 3.97. The molecule has 0 saturated heterocycles. The van der Waals surface area contributed by atoms with Crippen molar-refractivity contribution in [1.82, 2.24) is 4.48 Å². The highest BCUT2D eigenvalue weighted by Gasteiger charge is 2.28. The van der Waals surface area contributed by atoms with E-state index in [1.807, 2.05) is 32.3 Å². The Bertz CT molecular complexity index is 708. The van der Waals surface area contributed by atoms with Gasteiger partial charge in [-0.25, -0.2) is 0 Å². The number of benzene rings is 2. The van der Waals surface area contributed by atoms with E-state index in [9.17, 15) is 9.59 Å². The van der Waals surface area contributed by atoms with Gasteiger partial charge >= 0.3 is 0 Å². The number of ketones is 2. The molecule has 0 N–H and O–H groups in total. The molecule has 0 spiro atoms. The maximum absolute atomic E-state index is 12.6. The first-order chi connectivity index (χ1) is 10.5. The fourth-order valence-electron chi connectivity index (χ4n) is 2.46. The van der Waals surface area contributed by atoms with Gasteiger partial charge in [0, 0.05) is 5.56 Å². The van der Waals surface area contributed by atoms with Crippen molar-refractivity contribution in [2.24, 2.45) is 0 Å². The lowest BCUT2D eigenvalue weighted by atomic mass is 9.99.